The summed E-state index contributed by atoms with van der Waals surface area (Å²) < 4.78 is 3.65. The van der Waals surface area contributed by atoms with E-state index in [1.54, 1.807) is 6.20 Å². The van der Waals surface area contributed by atoms with Crippen LogP contribution in [0.1, 0.15) is 37.2 Å². The number of aliphatic hydroxyl groups excluding tert-OH is 1. The van der Waals surface area contributed by atoms with Gasteiger partial charge in [-0.05, 0) is 19.4 Å². The Balaban J connectivity index is 2.39. The molecule has 0 aromatic carbocycles. The molecule has 0 fully saturated rings. The second kappa shape index (κ2) is 4.71. The van der Waals surface area contributed by atoms with Gasteiger partial charge in [0.05, 0.1) is 11.4 Å². The monoisotopic (exact) mass is 234 g/mol. The minimum absolute atomic E-state index is 0.641. The van der Waals surface area contributed by atoms with Crippen molar-refractivity contribution in [3.8, 4) is 0 Å². The first-order valence-corrected chi connectivity index (χ1v) is 5.89. The van der Waals surface area contributed by atoms with Crippen LogP contribution in [0.25, 0.3) is 0 Å². The van der Waals surface area contributed by atoms with Gasteiger partial charge in [-0.3, -0.25) is 4.68 Å². The van der Waals surface area contributed by atoms with Crippen molar-refractivity contribution >= 4 is 0 Å². The lowest BCUT2D eigenvalue weighted by molar-refractivity contribution is 0.194. The fourth-order valence-electron chi connectivity index (χ4n) is 1.91. The SMILES string of the molecule is CCc1cc(C(O)c2nccn2C)n(CC)n1. The van der Waals surface area contributed by atoms with Gasteiger partial charge < -0.3 is 9.67 Å². The zero-order valence-electron chi connectivity index (χ0n) is 10.5. The third-order valence-electron chi connectivity index (χ3n) is 2.91. The van der Waals surface area contributed by atoms with E-state index in [0.717, 1.165) is 24.4 Å². The average Bonchev–Trinajstić information content (AvgIpc) is 2.93. The zero-order valence-corrected chi connectivity index (χ0v) is 10.5. The molecular weight excluding hydrogens is 216 g/mol. The number of imidazole rings is 1. The molecule has 2 rings (SSSR count). The Bertz CT molecular complexity index is 500. The summed E-state index contributed by atoms with van der Waals surface area (Å²) >= 11 is 0. The molecular formula is C12H18N4O. The fourth-order valence-corrected chi connectivity index (χ4v) is 1.91. The summed E-state index contributed by atoms with van der Waals surface area (Å²) in [4.78, 5) is 4.17. The Kier molecular flexibility index (Phi) is 3.28. The van der Waals surface area contributed by atoms with E-state index in [-0.39, 0.29) is 0 Å². The number of aryl methyl sites for hydroxylation is 3. The van der Waals surface area contributed by atoms with Gasteiger partial charge in [-0.15, -0.1) is 0 Å². The molecule has 0 aliphatic carbocycles. The number of hydrogen-bond donors (Lipinski definition) is 1. The van der Waals surface area contributed by atoms with Crippen LogP contribution in [0.3, 0.4) is 0 Å². The summed E-state index contributed by atoms with van der Waals surface area (Å²) in [7, 11) is 1.87. The second-order valence-electron chi connectivity index (χ2n) is 4.03. The Labute approximate surface area is 101 Å². The average molecular weight is 234 g/mol. The first-order chi connectivity index (χ1) is 8.17. The van der Waals surface area contributed by atoms with E-state index >= 15 is 0 Å². The Morgan fingerprint density at radius 1 is 1.41 bits per heavy atom. The normalized spacial score (nSPS) is 12.9. The van der Waals surface area contributed by atoms with Crippen molar-refractivity contribution in [2.45, 2.75) is 32.9 Å². The van der Waals surface area contributed by atoms with Gasteiger partial charge >= 0.3 is 0 Å². The maximum Gasteiger partial charge on any atom is 0.153 e. The molecule has 0 aliphatic rings. The molecule has 1 N–H and O–H groups in total. The molecule has 0 aliphatic heterocycles. The number of nitrogens with zero attached hydrogens (tertiary/aromatic N) is 4. The molecule has 0 amide bonds. The predicted molar refractivity (Wildman–Crippen MR) is 64.5 cm³/mol. The van der Waals surface area contributed by atoms with Crippen molar-refractivity contribution in [2.75, 3.05) is 0 Å². The molecule has 1 unspecified atom stereocenters. The van der Waals surface area contributed by atoms with Crippen molar-refractivity contribution in [1.29, 1.82) is 0 Å². The molecule has 0 bridgehead atoms. The van der Waals surface area contributed by atoms with Crippen LogP contribution >= 0.6 is 0 Å². The van der Waals surface area contributed by atoms with Crippen LogP contribution in [0.2, 0.25) is 0 Å². The van der Waals surface area contributed by atoms with E-state index in [0.29, 0.717) is 5.82 Å². The molecule has 0 spiro atoms. The van der Waals surface area contributed by atoms with Crippen LogP contribution in [0.4, 0.5) is 0 Å². The van der Waals surface area contributed by atoms with E-state index in [2.05, 4.69) is 17.0 Å². The van der Waals surface area contributed by atoms with Crippen LogP contribution < -0.4 is 0 Å². The standard InChI is InChI=1S/C12H18N4O/c1-4-9-8-10(16(5-2)14-9)11(17)12-13-6-7-15(12)3/h6-8,11,17H,4-5H2,1-3H3. The van der Waals surface area contributed by atoms with Crippen molar-refractivity contribution in [1.82, 2.24) is 19.3 Å². The summed E-state index contributed by atoms with van der Waals surface area (Å²) in [6, 6.07) is 1.95. The highest BCUT2D eigenvalue weighted by Crippen LogP contribution is 2.21. The van der Waals surface area contributed by atoms with E-state index in [1.807, 2.05) is 35.5 Å². The third kappa shape index (κ3) is 2.10. The second-order valence-corrected chi connectivity index (χ2v) is 4.03. The highest BCUT2D eigenvalue weighted by Gasteiger charge is 2.20. The lowest BCUT2D eigenvalue weighted by Crippen LogP contribution is -2.12. The molecule has 0 radical (unpaired) electrons. The largest absolute Gasteiger partial charge is 0.379 e. The quantitative estimate of drug-likeness (QED) is 0.867. The lowest BCUT2D eigenvalue weighted by atomic mass is 10.2. The summed E-state index contributed by atoms with van der Waals surface area (Å²) in [6.45, 7) is 4.82. The Hall–Kier alpha value is -1.62. The van der Waals surface area contributed by atoms with Gasteiger partial charge in [-0.1, -0.05) is 6.92 Å². The molecule has 2 aromatic heterocycles. The van der Waals surface area contributed by atoms with Gasteiger partial charge in [0.2, 0.25) is 0 Å². The minimum Gasteiger partial charge on any atom is -0.379 e. The number of aromatic nitrogens is 4. The molecule has 0 saturated heterocycles. The maximum atomic E-state index is 10.3. The first-order valence-electron chi connectivity index (χ1n) is 5.89. The molecule has 1 atom stereocenters. The molecule has 17 heavy (non-hydrogen) atoms. The highest BCUT2D eigenvalue weighted by atomic mass is 16.3. The van der Waals surface area contributed by atoms with Crippen LogP contribution in [0.15, 0.2) is 18.5 Å². The van der Waals surface area contributed by atoms with Gasteiger partial charge in [-0.2, -0.15) is 5.10 Å². The maximum absolute atomic E-state index is 10.3. The van der Waals surface area contributed by atoms with Crippen molar-refractivity contribution < 1.29 is 5.11 Å². The van der Waals surface area contributed by atoms with Crippen LogP contribution in [-0.2, 0) is 20.0 Å². The highest BCUT2D eigenvalue weighted by molar-refractivity contribution is 5.19. The summed E-state index contributed by atoms with van der Waals surface area (Å²) in [6.07, 6.45) is 3.66. The van der Waals surface area contributed by atoms with Gasteiger partial charge in [0.15, 0.2) is 6.10 Å². The molecule has 2 aromatic rings. The van der Waals surface area contributed by atoms with Crippen molar-refractivity contribution in [2.24, 2.45) is 7.05 Å². The molecule has 5 nitrogen and oxygen atoms in total. The van der Waals surface area contributed by atoms with Gasteiger partial charge in [-0.25, -0.2) is 4.98 Å². The summed E-state index contributed by atoms with van der Waals surface area (Å²) in [5, 5.41) is 14.8. The van der Waals surface area contributed by atoms with Crippen molar-refractivity contribution in [3.05, 3.63) is 35.7 Å². The molecule has 2 heterocycles. The Morgan fingerprint density at radius 2 is 2.18 bits per heavy atom. The van der Waals surface area contributed by atoms with Gasteiger partial charge in [0.25, 0.3) is 0 Å². The van der Waals surface area contributed by atoms with Crippen LogP contribution in [0.5, 0.6) is 0 Å². The van der Waals surface area contributed by atoms with E-state index in [4.69, 9.17) is 0 Å². The smallest absolute Gasteiger partial charge is 0.153 e. The third-order valence-corrected chi connectivity index (χ3v) is 2.91. The molecule has 0 saturated carbocycles. The van der Waals surface area contributed by atoms with E-state index < -0.39 is 6.10 Å². The van der Waals surface area contributed by atoms with Gasteiger partial charge in [0.1, 0.15) is 5.82 Å². The first kappa shape index (κ1) is 11.9. The zero-order chi connectivity index (χ0) is 12.4. The Morgan fingerprint density at radius 3 is 2.71 bits per heavy atom. The lowest BCUT2D eigenvalue weighted by Gasteiger charge is -2.11. The van der Waals surface area contributed by atoms with E-state index in [1.165, 1.54) is 0 Å². The van der Waals surface area contributed by atoms with Crippen molar-refractivity contribution in [3.63, 3.8) is 0 Å². The fraction of sp³-hybridized carbons (Fsp3) is 0.500. The molecule has 92 valence electrons. The van der Waals surface area contributed by atoms with Crippen LogP contribution in [-0.4, -0.2) is 24.4 Å². The number of hydrogen-bond acceptors (Lipinski definition) is 3. The summed E-state index contributed by atoms with van der Waals surface area (Å²) in [5.41, 5.74) is 1.80. The number of rotatable bonds is 4. The molecule has 5 heteroatoms. The predicted octanol–water partition coefficient (Wildman–Crippen LogP) is 1.28. The van der Waals surface area contributed by atoms with Gasteiger partial charge in [0, 0.05) is 26.0 Å². The topological polar surface area (TPSA) is 55.9 Å². The van der Waals surface area contributed by atoms with Crippen LogP contribution in [0, 0.1) is 0 Å². The minimum atomic E-state index is -0.720. The van der Waals surface area contributed by atoms with E-state index in [9.17, 15) is 5.11 Å². The number of aliphatic hydroxyl groups is 1. The summed E-state index contributed by atoms with van der Waals surface area (Å²) in [5.74, 6) is 0.641.